The summed E-state index contributed by atoms with van der Waals surface area (Å²) in [4.78, 5) is 16.1. The van der Waals surface area contributed by atoms with Gasteiger partial charge in [0.2, 0.25) is 5.91 Å². The molecule has 0 saturated carbocycles. The Hall–Kier alpha value is -0.860. The third-order valence-corrected chi connectivity index (χ3v) is 2.83. The van der Waals surface area contributed by atoms with Gasteiger partial charge < -0.3 is 10.6 Å². The minimum Gasteiger partial charge on any atom is -0.339 e. The van der Waals surface area contributed by atoms with Gasteiger partial charge in [-0.1, -0.05) is 0 Å². The first-order valence-electron chi connectivity index (χ1n) is 4.80. The van der Waals surface area contributed by atoms with Gasteiger partial charge in [0.05, 0.1) is 6.54 Å². The summed E-state index contributed by atoms with van der Waals surface area (Å²) in [6.45, 7) is 0.286. The highest BCUT2D eigenvalue weighted by atomic mass is 35.5. The fourth-order valence-electron chi connectivity index (χ4n) is 1.12. The Kier molecular flexibility index (Phi) is 6.58. The summed E-state index contributed by atoms with van der Waals surface area (Å²) in [6, 6.07) is 0. The van der Waals surface area contributed by atoms with Crippen LogP contribution >= 0.6 is 23.7 Å². The van der Waals surface area contributed by atoms with E-state index in [2.05, 4.69) is 4.98 Å². The van der Waals surface area contributed by atoms with Gasteiger partial charge in [-0.15, -0.1) is 23.7 Å². The number of aromatic nitrogens is 1. The van der Waals surface area contributed by atoms with Crippen molar-refractivity contribution >= 4 is 29.7 Å². The molecule has 1 rings (SSSR count). The molecule has 9 heteroatoms. The number of halogens is 4. The monoisotopic (exact) mass is 303 g/mol. The Morgan fingerprint density at radius 2 is 2.17 bits per heavy atom. The SMILES string of the molecule is CN(Cc1nc(C(F)(F)F)cs1)C(=O)CCN.Cl. The Morgan fingerprint density at radius 3 is 2.61 bits per heavy atom. The standard InChI is InChI=1S/C9H12F3N3OS.ClH/c1-15(8(16)2-3-13)4-7-14-6(5-17-7)9(10,11)12;/h5H,2-4,13H2,1H3;1H. The Bertz CT molecular complexity index is 397. The molecule has 0 saturated heterocycles. The summed E-state index contributed by atoms with van der Waals surface area (Å²) in [6.07, 6.45) is -4.26. The summed E-state index contributed by atoms with van der Waals surface area (Å²) in [7, 11) is 1.51. The highest BCUT2D eigenvalue weighted by Crippen LogP contribution is 2.30. The van der Waals surface area contributed by atoms with Crippen molar-refractivity contribution in [1.29, 1.82) is 0 Å². The van der Waals surface area contributed by atoms with E-state index in [4.69, 9.17) is 5.73 Å². The van der Waals surface area contributed by atoms with Gasteiger partial charge in [-0.25, -0.2) is 4.98 Å². The van der Waals surface area contributed by atoms with Crippen LogP contribution in [0.1, 0.15) is 17.1 Å². The number of rotatable bonds is 4. The van der Waals surface area contributed by atoms with Crippen LogP contribution in [0, 0.1) is 0 Å². The molecule has 0 bridgehead atoms. The smallest absolute Gasteiger partial charge is 0.339 e. The van der Waals surface area contributed by atoms with Crippen LogP contribution in [0.4, 0.5) is 13.2 Å². The minimum atomic E-state index is -4.44. The topological polar surface area (TPSA) is 59.2 Å². The van der Waals surface area contributed by atoms with Crippen LogP contribution in [-0.4, -0.2) is 29.4 Å². The zero-order valence-electron chi connectivity index (χ0n) is 9.53. The summed E-state index contributed by atoms with van der Waals surface area (Å²) in [5.74, 6) is -0.212. The van der Waals surface area contributed by atoms with E-state index in [-0.39, 0.29) is 42.8 Å². The molecule has 0 spiro atoms. The van der Waals surface area contributed by atoms with Crippen LogP contribution in [0.2, 0.25) is 0 Å². The molecule has 0 fully saturated rings. The maximum Gasteiger partial charge on any atom is 0.434 e. The molecular weight excluding hydrogens is 291 g/mol. The molecule has 18 heavy (non-hydrogen) atoms. The van der Waals surface area contributed by atoms with E-state index >= 15 is 0 Å². The lowest BCUT2D eigenvalue weighted by atomic mass is 10.4. The van der Waals surface area contributed by atoms with E-state index < -0.39 is 11.9 Å². The molecule has 104 valence electrons. The van der Waals surface area contributed by atoms with Crippen molar-refractivity contribution in [3.05, 3.63) is 16.1 Å². The van der Waals surface area contributed by atoms with Crippen molar-refractivity contribution < 1.29 is 18.0 Å². The predicted molar refractivity (Wildman–Crippen MR) is 64.5 cm³/mol. The highest BCUT2D eigenvalue weighted by Gasteiger charge is 2.33. The number of carbonyl (C=O) groups excluding carboxylic acids is 1. The predicted octanol–water partition coefficient (Wildman–Crippen LogP) is 1.89. The van der Waals surface area contributed by atoms with Crippen LogP contribution in [0.3, 0.4) is 0 Å². The van der Waals surface area contributed by atoms with Gasteiger partial charge in [0.15, 0.2) is 5.69 Å². The lowest BCUT2D eigenvalue weighted by molar-refractivity contribution is -0.140. The molecular formula is C9H13ClF3N3OS. The zero-order valence-corrected chi connectivity index (χ0v) is 11.2. The van der Waals surface area contributed by atoms with E-state index in [9.17, 15) is 18.0 Å². The molecule has 0 aliphatic rings. The molecule has 4 nitrogen and oxygen atoms in total. The Morgan fingerprint density at radius 1 is 1.56 bits per heavy atom. The van der Waals surface area contributed by atoms with Crippen LogP contribution in [0.25, 0.3) is 0 Å². The summed E-state index contributed by atoms with van der Waals surface area (Å²) >= 11 is 0.884. The Balaban J connectivity index is 0.00000289. The van der Waals surface area contributed by atoms with Gasteiger partial charge in [0, 0.05) is 25.4 Å². The second-order valence-electron chi connectivity index (χ2n) is 3.41. The van der Waals surface area contributed by atoms with Gasteiger partial charge in [0.1, 0.15) is 5.01 Å². The van der Waals surface area contributed by atoms with Gasteiger partial charge >= 0.3 is 6.18 Å². The quantitative estimate of drug-likeness (QED) is 0.924. The van der Waals surface area contributed by atoms with Crippen LogP contribution in [0.15, 0.2) is 5.38 Å². The van der Waals surface area contributed by atoms with Crippen molar-refractivity contribution in [1.82, 2.24) is 9.88 Å². The summed E-state index contributed by atoms with van der Waals surface area (Å²) in [5.41, 5.74) is 4.29. The third-order valence-electron chi connectivity index (χ3n) is 2.00. The van der Waals surface area contributed by atoms with E-state index in [1.165, 1.54) is 11.9 Å². The second kappa shape index (κ2) is 6.91. The number of nitrogens with two attached hydrogens (primary N) is 1. The van der Waals surface area contributed by atoms with Crippen molar-refractivity contribution in [3.8, 4) is 0 Å². The number of alkyl halides is 3. The fraction of sp³-hybridized carbons (Fsp3) is 0.556. The van der Waals surface area contributed by atoms with Crippen molar-refractivity contribution in [2.45, 2.75) is 19.1 Å². The average Bonchev–Trinajstić information content (AvgIpc) is 2.66. The van der Waals surface area contributed by atoms with Crippen LogP contribution in [0.5, 0.6) is 0 Å². The lowest BCUT2D eigenvalue weighted by Gasteiger charge is -2.14. The number of hydrogen-bond donors (Lipinski definition) is 1. The van der Waals surface area contributed by atoms with Gasteiger partial charge in [0.25, 0.3) is 0 Å². The number of nitrogens with zero attached hydrogens (tertiary/aromatic N) is 2. The maximum atomic E-state index is 12.3. The maximum absolute atomic E-state index is 12.3. The zero-order chi connectivity index (χ0) is 13.1. The molecule has 0 aliphatic heterocycles. The van der Waals surface area contributed by atoms with Crippen molar-refractivity contribution in [3.63, 3.8) is 0 Å². The van der Waals surface area contributed by atoms with Crippen molar-refractivity contribution in [2.24, 2.45) is 5.73 Å². The van der Waals surface area contributed by atoms with Gasteiger partial charge in [-0.2, -0.15) is 13.2 Å². The molecule has 2 N–H and O–H groups in total. The molecule has 1 aromatic rings. The molecule has 0 aromatic carbocycles. The molecule has 1 heterocycles. The number of amides is 1. The van der Waals surface area contributed by atoms with E-state index in [1.807, 2.05) is 0 Å². The van der Waals surface area contributed by atoms with Crippen molar-refractivity contribution in [2.75, 3.05) is 13.6 Å². The Labute approximate surface area is 112 Å². The number of hydrogen-bond acceptors (Lipinski definition) is 4. The van der Waals surface area contributed by atoms with E-state index in [0.29, 0.717) is 0 Å². The molecule has 1 aromatic heterocycles. The average molecular weight is 304 g/mol. The summed E-state index contributed by atoms with van der Waals surface area (Å²) in [5, 5.41) is 1.20. The van der Waals surface area contributed by atoms with Gasteiger partial charge in [-0.3, -0.25) is 4.79 Å². The molecule has 0 aliphatic carbocycles. The fourth-order valence-corrected chi connectivity index (χ4v) is 1.97. The second-order valence-corrected chi connectivity index (χ2v) is 4.36. The lowest BCUT2D eigenvalue weighted by Crippen LogP contribution is -2.27. The molecule has 0 atom stereocenters. The first-order valence-corrected chi connectivity index (χ1v) is 5.68. The first kappa shape index (κ1) is 17.1. The summed E-state index contributed by atoms with van der Waals surface area (Å²) < 4.78 is 36.8. The van der Waals surface area contributed by atoms with E-state index in [1.54, 1.807) is 0 Å². The first-order chi connectivity index (χ1) is 7.84. The molecule has 0 unspecified atom stereocenters. The molecule has 1 amide bonds. The largest absolute Gasteiger partial charge is 0.434 e. The van der Waals surface area contributed by atoms with Crippen LogP contribution < -0.4 is 5.73 Å². The van der Waals surface area contributed by atoms with Crippen LogP contribution in [-0.2, 0) is 17.5 Å². The molecule has 0 radical (unpaired) electrons. The number of carbonyl (C=O) groups is 1. The third kappa shape index (κ3) is 4.79. The highest BCUT2D eigenvalue weighted by molar-refractivity contribution is 7.09. The van der Waals surface area contributed by atoms with Gasteiger partial charge in [-0.05, 0) is 0 Å². The van der Waals surface area contributed by atoms with E-state index in [0.717, 1.165) is 16.7 Å². The number of thiazole rings is 1. The normalized spacial score (nSPS) is 10.9. The minimum absolute atomic E-state index is 0.